The van der Waals surface area contributed by atoms with Crippen molar-refractivity contribution in [2.24, 2.45) is 0 Å². The smallest absolute Gasteiger partial charge is 0.169 e. The fourth-order valence-corrected chi connectivity index (χ4v) is 1.94. The third kappa shape index (κ3) is 2.25. The zero-order valence-corrected chi connectivity index (χ0v) is 9.59. The van der Waals surface area contributed by atoms with Crippen molar-refractivity contribution in [3.05, 3.63) is 35.8 Å². The van der Waals surface area contributed by atoms with Crippen LogP contribution in [0.25, 0.3) is 11.0 Å². The largest absolute Gasteiger partial charge is 0.461 e. The van der Waals surface area contributed by atoms with Crippen molar-refractivity contribution < 1.29 is 10.2 Å². The van der Waals surface area contributed by atoms with Gasteiger partial charge in [-0.05, 0) is 37.6 Å². The number of furan rings is 1. The van der Waals surface area contributed by atoms with Crippen LogP contribution in [-0.4, -0.2) is 12.6 Å². The molecule has 88 valence electrons. The third-order valence-electron chi connectivity index (χ3n) is 2.69. The number of rotatable bonds is 4. The first kappa shape index (κ1) is 11.1. The maximum atomic E-state index is 13.2. The van der Waals surface area contributed by atoms with Crippen LogP contribution in [0.5, 0.6) is 0 Å². The molecule has 0 bridgehead atoms. The second-order valence-electron chi connectivity index (χ2n) is 4.08. The van der Waals surface area contributed by atoms with Crippen molar-refractivity contribution in [1.29, 1.82) is 0 Å². The summed E-state index contributed by atoms with van der Waals surface area (Å²) < 4.78 is 18.3. The number of nitrogens with one attached hydrogen (secondary N) is 1. The summed E-state index contributed by atoms with van der Waals surface area (Å²) in [5.41, 5.74) is 1.79. The van der Waals surface area contributed by atoms with E-state index >= 15 is 0 Å². The molecular weight excluding hydrogens is 205 g/mol. The maximum absolute atomic E-state index is 13.2. The van der Waals surface area contributed by atoms with Gasteiger partial charge in [-0.3, -0.25) is 0 Å². The van der Waals surface area contributed by atoms with E-state index < -0.39 is 0 Å². The number of hydrogen-bond donors (Lipinski definition) is 1. The Balaban J connectivity index is 0.00000144. The van der Waals surface area contributed by atoms with Gasteiger partial charge in [0.2, 0.25) is 0 Å². The lowest BCUT2D eigenvalue weighted by molar-refractivity contribution is 0.555. The zero-order valence-electron chi connectivity index (χ0n) is 9.59. The summed E-state index contributed by atoms with van der Waals surface area (Å²) in [6.07, 6.45) is 2.08. The van der Waals surface area contributed by atoms with Gasteiger partial charge in [0.15, 0.2) is 5.82 Å². The van der Waals surface area contributed by atoms with Crippen LogP contribution < -0.4 is 5.32 Å². The Bertz CT molecular complexity index is 483. The first-order chi connectivity index (χ1) is 7.70. The number of halogens is 1. The van der Waals surface area contributed by atoms with Crippen LogP contribution in [-0.2, 0) is 6.42 Å². The quantitative estimate of drug-likeness (QED) is 0.859. The van der Waals surface area contributed by atoms with Gasteiger partial charge in [-0.25, -0.2) is 4.39 Å². The minimum Gasteiger partial charge on any atom is -0.461 e. The normalized spacial score (nSPS) is 13.2. The van der Waals surface area contributed by atoms with Gasteiger partial charge in [-0.2, -0.15) is 0 Å². The molecule has 1 aromatic carbocycles. The molecule has 0 unspecified atom stereocenters. The van der Waals surface area contributed by atoms with Crippen molar-refractivity contribution in [2.75, 3.05) is 6.54 Å². The Morgan fingerprint density at radius 1 is 1.50 bits per heavy atom. The zero-order chi connectivity index (χ0) is 11.5. The first-order valence-electron chi connectivity index (χ1n) is 5.59. The van der Waals surface area contributed by atoms with Crippen molar-refractivity contribution in [3.63, 3.8) is 0 Å². The van der Waals surface area contributed by atoms with Gasteiger partial charge < -0.3 is 9.73 Å². The Morgan fingerprint density at radius 2 is 2.31 bits per heavy atom. The Morgan fingerprint density at radius 3 is 3.06 bits per heavy atom. The van der Waals surface area contributed by atoms with Crippen LogP contribution in [0.15, 0.2) is 28.9 Å². The second kappa shape index (κ2) is 4.66. The molecule has 0 radical (unpaired) electrons. The fourth-order valence-electron chi connectivity index (χ4n) is 1.94. The van der Waals surface area contributed by atoms with Gasteiger partial charge in [0.05, 0.1) is 5.39 Å². The summed E-state index contributed by atoms with van der Waals surface area (Å²) in [6, 6.07) is 6.06. The molecule has 1 N–H and O–H groups in total. The molecule has 0 amide bonds. The standard InChI is InChI=1S/C13H16FNO.H2/c1-3-15-9(2)6-10-4-5-11-12(14)8-16-13(11)7-10;/h4-5,7-9,15H,3,6H2,1-2H3;1H/t9-;/m0./s1. The third-order valence-corrected chi connectivity index (χ3v) is 2.69. The molecule has 1 heterocycles. The predicted molar refractivity (Wildman–Crippen MR) is 65.1 cm³/mol. The van der Waals surface area contributed by atoms with E-state index in [0.29, 0.717) is 17.0 Å². The van der Waals surface area contributed by atoms with E-state index in [4.69, 9.17) is 4.42 Å². The SMILES string of the molecule is CCN[C@@H](C)Cc1ccc2c(F)coc2c1.[HH]. The van der Waals surface area contributed by atoms with Gasteiger partial charge in [0, 0.05) is 7.47 Å². The number of hydrogen-bond acceptors (Lipinski definition) is 2. The molecule has 2 nitrogen and oxygen atoms in total. The molecule has 0 saturated heterocycles. The minimum absolute atomic E-state index is 0. The van der Waals surface area contributed by atoms with Crippen LogP contribution in [0.2, 0.25) is 0 Å². The van der Waals surface area contributed by atoms with Crippen molar-refractivity contribution >= 4 is 11.0 Å². The molecule has 0 aliphatic rings. The molecule has 1 aromatic heterocycles. The molecular formula is C13H18FNO. The van der Waals surface area contributed by atoms with Gasteiger partial charge in [0.25, 0.3) is 0 Å². The van der Waals surface area contributed by atoms with Gasteiger partial charge in [-0.1, -0.05) is 13.0 Å². The molecule has 16 heavy (non-hydrogen) atoms. The van der Waals surface area contributed by atoms with Crippen LogP contribution in [0.3, 0.4) is 0 Å². The Hall–Kier alpha value is -1.35. The molecule has 3 heteroatoms. The first-order valence-corrected chi connectivity index (χ1v) is 5.59. The number of likely N-dealkylation sites (N-methyl/N-ethyl adjacent to an activating group) is 1. The summed E-state index contributed by atoms with van der Waals surface area (Å²) in [6.45, 7) is 5.18. The summed E-state index contributed by atoms with van der Waals surface area (Å²) in [5, 5.41) is 3.90. The summed E-state index contributed by atoms with van der Waals surface area (Å²) in [4.78, 5) is 0. The molecule has 0 aliphatic heterocycles. The maximum Gasteiger partial charge on any atom is 0.169 e. The Kier molecular flexibility index (Phi) is 3.25. The van der Waals surface area contributed by atoms with Gasteiger partial charge in [-0.15, -0.1) is 0 Å². The molecule has 0 saturated carbocycles. The predicted octanol–water partition coefficient (Wildman–Crippen LogP) is 3.36. The average molecular weight is 223 g/mol. The highest BCUT2D eigenvalue weighted by atomic mass is 19.1. The van der Waals surface area contributed by atoms with Crippen molar-refractivity contribution in [2.45, 2.75) is 26.3 Å². The average Bonchev–Trinajstić information content (AvgIpc) is 2.60. The molecule has 0 aliphatic carbocycles. The lowest BCUT2D eigenvalue weighted by Gasteiger charge is -2.11. The highest BCUT2D eigenvalue weighted by Gasteiger charge is 2.07. The van der Waals surface area contributed by atoms with E-state index in [1.165, 1.54) is 0 Å². The van der Waals surface area contributed by atoms with E-state index in [0.717, 1.165) is 24.8 Å². The van der Waals surface area contributed by atoms with E-state index in [-0.39, 0.29) is 7.24 Å². The van der Waals surface area contributed by atoms with Crippen molar-refractivity contribution in [1.82, 2.24) is 5.32 Å². The number of fused-ring (bicyclic) bond motifs is 1. The minimum atomic E-state index is -0.290. The summed E-state index contributed by atoms with van der Waals surface area (Å²) >= 11 is 0. The monoisotopic (exact) mass is 223 g/mol. The van der Waals surface area contributed by atoms with E-state index in [1.54, 1.807) is 6.07 Å². The summed E-state index contributed by atoms with van der Waals surface area (Å²) in [5.74, 6) is -0.290. The van der Waals surface area contributed by atoms with E-state index in [9.17, 15) is 4.39 Å². The van der Waals surface area contributed by atoms with Crippen LogP contribution >= 0.6 is 0 Å². The number of benzene rings is 1. The second-order valence-corrected chi connectivity index (χ2v) is 4.08. The van der Waals surface area contributed by atoms with Crippen LogP contribution in [0.1, 0.15) is 20.8 Å². The molecule has 0 fully saturated rings. The van der Waals surface area contributed by atoms with Gasteiger partial charge >= 0.3 is 0 Å². The highest BCUT2D eigenvalue weighted by molar-refractivity contribution is 5.78. The van der Waals surface area contributed by atoms with Crippen molar-refractivity contribution in [3.8, 4) is 0 Å². The van der Waals surface area contributed by atoms with Crippen LogP contribution in [0, 0.1) is 5.82 Å². The topological polar surface area (TPSA) is 25.2 Å². The molecule has 0 spiro atoms. The Labute approximate surface area is 95.9 Å². The molecule has 1 atom stereocenters. The van der Waals surface area contributed by atoms with E-state index in [2.05, 4.69) is 19.2 Å². The lowest BCUT2D eigenvalue weighted by Crippen LogP contribution is -2.27. The molecule has 2 rings (SSSR count). The van der Waals surface area contributed by atoms with Gasteiger partial charge in [0.1, 0.15) is 11.8 Å². The lowest BCUT2D eigenvalue weighted by atomic mass is 10.1. The van der Waals surface area contributed by atoms with E-state index in [1.807, 2.05) is 12.1 Å². The fraction of sp³-hybridized carbons (Fsp3) is 0.385. The molecule has 2 aromatic rings. The summed E-state index contributed by atoms with van der Waals surface area (Å²) in [7, 11) is 0. The highest BCUT2D eigenvalue weighted by Crippen LogP contribution is 2.21. The van der Waals surface area contributed by atoms with Crippen LogP contribution in [0.4, 0.5) is 4.39 Å².